The molecule has 1 saturated heterocycles. The van der Waals surface area contributed by atoms with Crippen LogP contribution in [0.15, 0.2) is 23.1 Å². The van der Waals surface area contributed by atoms with Crippen molar-refractivity contribution in [3.05, 3.63) is 23.2 Å². The lowest BCUT2D eigenvalue weighted by Gasteiger charge is -2.19. The van der Waals surface area contributed by atoms with Crippen LogP contribution < -0.4 is 5.32 Å². The van der Waals surface area contributed by atoms with Gasteiger partial charge < -0.3 is 5.32 Å². The highest BCUT2D eigenvalue weighted by atomic mass is 35.5. The van der Waals surface area contributed by atoms with Crippen molar-refractivity contribution >= 4 is 45.0 Å². The molecule has 2 atom stereocenters. The number of imide groups is 1. The molecule has 30 heavy (non-hydrogen) atoms. The van der Waals surface area contributed by atoms with Crippen LogP contribution in [0, 0.1) is 11.8 Å². The van der Waals surface area contributed by atoms with E-state index in [0.29, 0.717) is 25.9 Å². The molecule has 0 bridgehead atoms. The molecule has 3 amide bonds. The van der Waals surface area contributed by atoms with Gasteiger partial charge in [0.1, 0.15) is 6.54 Å². The topological polar surface area (TPSA) is 104 Å². The minimum atomic E-state index is -3.73. The summed E-state index contributed by atoms with van der Waals surface area (Å²) in [6, 6.07) is 4.07. The number of amides is 3. The first kappa shape index (κ1) is 22.7. The molecule has 2 fully saturated rings. The Balaban J connectivity index is 1.76. The summed E-state index contributed by atoms with van der Waals surface area (Å²) in [6.07, 6.45) is 3.15. The van der Waals surface area contributed by atoms with Crippen LogP contribution in [0.4, 0.5) is 5.69 Å². The SMILES string of the molecule is CCN(CC)S(=O)(=O)c1ccc(Cl)c(NC(=O)CN2C(=O)C3CCCCC3C2=O)c1. The van der Waals surface area contributed by atoms with Crippen LogP contribution in [0.1, 0.15) is 39.5 Å². The third kappa shape index (κ3) is 4.24. The number of nitrogens with one attached hydrogen (secondary N) is 1. The predicted octanol–water partition coefficient (Wildman–Crippen LogP) is 2.48. The van der Waals surface area contributed by atoms with E-state index in [1.54, 1.807) is 13.8 Å². The molecule has 1 aromatic carbocycles. The summed E-state index contributed by atoms with van der Waals surface area (Å²) >= 11 is 6.14. The fourth-order valence-corrected chi connectivity index (χ4v) is 5.84. The number of anilines is 1. The number of benzene rings is 1. The summed E-state index contributed by atoms with van der Waals surface area (Å²) in [5, 5.41) is 2.71. The van der Waals surface area contributed by atoms with Gasteiger partial charge in [0.15, 0.2) is 0 Å². The molecule has 0 aromatic heterocycles. The predicted molar refractivity (Wildman–Crippen MR) is 112 cm³/mol. The standard InChI is InChI=1S/C20H26ClN3O5S/c1-3-23(4-2)30(28,29)13-9-10-16(21)17(11-13)22-18(25)12-24-19(26)14-7-5-6-8-15(14)20(24)27/h9-11,14-15H,3-8,12H2,1-2H3,(H,22,25). The van der Waals surface area contributed by atoms with Crippen molar-refractivity contribution in [3.63, 3.8) is 0 Å². The minimum absolute atomic E-state index is 0.00486. The van der Waals surface area contributed by atoms with Gasteiger partial charge in [-0.15, -0.1) is 0 Å². The summed E-state index contributed by atoms with van der Waals surface area (Å²) < 4.78 is 26.7. The number of hydrogen-bond donors (Lipinski definition) is 1. The van der Waals surface area contributed by atoms with Crippen molar-refractivity contribution in [1.82, 2.24) is 9.21 Å². The second-order valence-electron chi connectivity index (χ2n) is 7.54. The van der Waals surface area contributed by atoms with Crippen molar-refractivity contribution < 1.29 is 22.8 Å². The molecule has 1 aliphatic carbocycles. The lowest BCUT2D eigenvalue weighted by Crippen LogP contribution is -2.38. The Morgan fingerprint density at radius 2 is 1.70 bits per heavy atom. The number of likely N-dealkylation sites (tertiary alicyclic amines) is 1. The van der Waals surface area contributed by atoms with E-state index in [1.807, 2.05) is 0 Å². The van der Waals surface area contributed by atoms with Crippen LogP contribution in [0.3, 0.4) is 0 Å². The maximum absolute atomic E-state index is 12.7. The molecule has 164 valence electrons. The third-order valence-corrected chi connectivity index (χ3v) is 8.16. The second kappa shape index (κ2) is 9.03. The number of fused-ring (bicyclic) bond motifs is 1. The zero-order chi connectivity index (χ0) is 22.1. The van der Waals surface area contributed by atoms with E-state index < -0.39 is 22.5 Å². The van der Waals surface area contributed by atoms with Gasteiger partial charge in [-0.25, -0.2) is 8.42 Å². The lowest BCUT2D eigenvalue weighted by atomic mass is 9.81. The number of halogens is 1. The Labute approximate surface area is 181 Å². The number of carbonyl (C=O) groups is 3. The van der Waals surface area contributed by atoms with Gasteiger partial charge in [0.2, 0.25) is 27.7 Å². The Morgan fingerprint density at radius 3 is 2.23 bits per heavy atom. The number of carbonyl (C=O) groups excluding carboxylic acids is 3. The maximum Gasteiger partial charge on any atom is 0.244 e. The van der Waals surface area contributed by atoms with Gasteiger partial charge in [-0.3, -0.25) is 19.3 Å². The van der Waals surface area contributed by atoms with Crippen molar-refractivity contribution in [1.29, 1.82) is 0 Å². The van der Waals surface area contributed by atoms with Gasteiger partial charge in [0.05, 0.1) is 27.4 Å². The summed E-state index contributed by atoms with van der Waals surface area (Å²) in [6.45, 7) is 3.69. The molecule has 3 rings (SSSR count). The van der Waals surface area contributed by atoms with Gasteiger partial charge in [-0.1, -0.05) is 38.3 Å². The first-order valence-corrected chi connectivity index (χ1v) is 12.0. The lowest BCUT2D eigenvalue weighted by molar-refractivity contribution is -0.142. The molecule has 1 saturated carbocycles. The quantitative estimate of drug-likeness (QED) is 0.636. The number of rotatable bonds is 7. The highest BCUT2D eigenvalue weighted by molar-refractivity contribution is 7.89. The number of hydrogen-bond acceptors (Lipinski definition) is 5. The van der Waals surface area contributed by atoms with Gasteiger partial charge in [-0.05, 0) is 31.0 Å². The Hall–Kier alpha value is -1.97. The van der Waals surface area contributed by atoms with Crippen molar-refractivity contribution in [2.24, 2.45) is 11.8 Å². The van der Waals surface area contributed by atoms with E-state index in [2.05, 4.69) is 5.32 Å². The first-order valence-electron chi connectivity index (χ1n) is 10.2. The average molecular weight is 456 g/mol. The molecular weight excluding hydrogens is 430 g/mol. The number of nitrogens with zero attached hydrogens (tertiary/aromatic N) is 2. The first-order chi connectivity index (χ1) is 14.2. The van der Waals surface area contributed by atoms with Crippen molar-refractivity contribution in [2.45, 2.75) is 44.4 Å². The van der Waals surface area contributed by atoms with Crippen LogP contribution in [0.25, 0.3) is 0 Å². The fourth-order valence-electron chi connectivity index (χ4n) is 4.19. The Bertz CT molecular complexity index is 937. The van der Waals surface area contributed by atoms with E-state index >= 15 is 0 Å². The van der Waals surface area contributed by atoms with Gasteiger partial charge in [-0.2, -0.15) is 4.31 Å². The zero-order valence-electron chi connectivity index (χ0n) is 17.1. The van der Waals surface area contributed by atoms with Crippen LogP contribution in [0.5, 0.6) is 0 Å². The maximum atomic E-state index is 12.7. The van der Waals surface area contributed by atoms with Crippen LogP contribution in [0.2, 0.25) is 5.02 Å². The normalized spacial score (nSPS) is 21.8. The molecule has 1 heterocycles. The summed E-state index contributed by atoms with van der Waals surface area (Å²) in [4.78, 5) is 38.7. The molecule has 1 aromatic rings. The zero-order valence-corrected chi connectivity index (χ0v) is 18.6. The molecule has 8 nitrogen and oxygen atoms in total. The largest absolute Gasteiger partial charge is 0.323 e. The minimum Gasteiger partial charge on any atom is -0.323 e. The number of sulfonamides is 1. The van der Waals surface area contributed by atoms with Gasteiger partial charge in [0, 0.05) is 13.1 Å². The Kier molecular flexibility index (Phi) is 6.84. The smallest absolute Gasteiger partial charge is 0.244 e. The third-order valence-electron chi connectivity index (χ3n) is 5.79. The molecule has 10 heteroatoms. The van der Waals surface area contributed by atoms with Crippen molar-refractivity contribution in [3.8, 4) is 0 Å². The highest BCUT2D eigenvalue weighted by Gasteiger charge is 2.48. The monoisotopic (exact) mass is 455 g/mol. The molecule has 1 aliphatic heterocycles. The Morgan fingerprint density at radius 1 is 1.13 bits per heavy atom. The van der Waals surface area contributed by atoms with E-state index in [9.17, 15) is 22.8 Å². The van der Waals surface area contributed by atoms with E-state index in [1.165, 1.54) is 22.5 Å². The van der Waals surface area contributed by atoms with E-state index in [4.69, 9.17) is 11.6 Å². The second-order valence-corrected chi connectivity index (χ2v) is 9.88. The summed E-state index contributed by atoms with van der Waals surface area (Å²) in [5.41, 5.74) is 0.117. The molecule has 0 radical (unpaired) electrons. The molecule has 0 spiro atoms. The van der Waals surface area contributed by atoms with Crippen LogP contribution >= 0.6 is 11.6 Å². The van der Waals surface area contributed by atoms with E-state index in [-0.39, 0.29) is 39.3 Å². The van der Waals surface area contributed by atoms with Gasteiger partial charge >= 0.3 is 0 Å². The summed E-state index contributed by atoms with van der Waals surface area (Å²) in [7, 11) is -3.73. The van der Waals surface area contributed by atoms with Gasteiger partial charge in [0.25, 0.3) is 0 Å². The van der Waals surface area contributed by atoms with Crippen LogP contribution in [-0.4, -0.2) is 55.0 Å². The van der Waals surface area contributed by atoms with E-state index in [0.717, 1.165) is 17.7 Å². The fraction of sp³-hybridized carbons (Fsp3) is 0.550. The molecule has 2 aliphatic rings. The highest BCUT2D eigenvalue weighted by Crippen LogP contribution is 2.38. The summed E-state index contributed by atoms with van der Waals surface area (Å²) in [5.74, 6) is -1.86. The molecule has 2 unspecified atom stereocenters. The molecular formula is C20H26ClN3O5S. The van der Waals surface area contributed by atoms with Crippen molar-refractivity contribution in [2.75, 3.05) is 25.0 Å². The molecule has 1 N–H and O–H groups in total. The van der Waals surface area contributed by atoms with Crippen LogP contribution in [-0.2, 0) is 24.4 Å². The average Bonchev–Trinajstić information content (AvgIpc) is 2.95.